The summed E-state index contributed by atoms with van der Waals surface area (Å²) in [5.41, 5.74) is -0.115. The van der Waals surface area contributed by atoms with Crippen molar-refractivity contribution >= 4 is 27.3 Å². The lowest BCUT2D eigenvalue weighted by molar-refractivity contribution is -0.137. The lowest BCUT2D eigenvalue weighted by Gasteiger charge is -2.16. The second kappa shape index (κ2) is 8.61. The van der Waals surface area contributed by atoms with Crippen molar-refractivity contribution in [2.75, 3.05) is 10.6 Å². The number of sulfonamides is 1. The topological polar surface area (TPSA) is 101 Å². The van der Waals surface area contributed by atoms with Gasteiger partial charge in [-0.2, -0.15) is 13.2 Å². The third-order valence-electron chi connectivity index (χ3n) is 3.82. The average Bonchev–Trinajstić information content (AvgIpc) is 2.59. The Kier molecular flexibility index (Phi) is 6.68. The van der Waals surface area contributed by atoms with Crippen LogP contribution in [-0.4, -0.2) is 14.3 Å². The Morgan fingerprint density at radius 3 is 2.29 bits per heavy atom. The number of carbonyl (C=O) groups is 1. The molecule has 152 valence electrons. The van der Waals surface area contributed by atoms with Crippen LogP contribution in [0.1, 0.15) is 30.9 Å². The van der Waals surface area contributed by atoms with Crippen LogP contribution >= 0.6 is 0 Å². The smallest absolute Gasteiger partial charge is 0.380 e. The highest BCUT2D eigenvalue weighted by molar-refractivity contribution is 7.89. The SMILES string of the molecule is CCCC(=O)Nc1ccc(CNc2ccc(S(N)(=O)=O)cc2C(F)(F)F)cc1. The molecule has 0 aromatic heterocycles. The Morgan fingerprint density at radius 2 is 1.75 bits per heavy atom. The van der Waals surface area contributed by atoms with Gasteiger partial charge in [-0.05, 0) is 42.3 Å². The minimum Gasteiger partial charge on any atom is -0.380 e. The first-order valence-electron chi connectivity index (χ1n) is 8.37. The molecule has 0 fully saturated rings. The summed E-state index contributed by atoms with van der Waals surface area (Å²) in [6.45, 7) is 1.96. The first-order valence-corrected chi connectivity index (χ1v) is 9.92. The number of hydrogen-bond donors (Lipinski definition) is 3. The molecule has 2 aromatic carbocycles. The van der Waals surface area contributed by atoms with Crippen LogP contribution in [0.5, 0.6) is 0 Å². The zero-order chi connectivity index (χ0) is 20.9. The number of nitrogens with two attached hydrogens (primary N) is 1. The molecular weight excluding hydrogens is 395 g/mol. The zero-order valence-corrected chi connectivity index (χ0v) is 15.8. The number of hydrogen-bond acceptors (Lipinski definition) is 4. The molecule has 1 amide bonds. The van der Waals surface area contributed by atoms with Crippen LogP contribution in [0.4, 0.5) is 24.5 Å². The highest BCUT2D eigenvalue weighted by Crippen LogP contribution is 2.36. The Hall–Kier alpha value is -2.59. The molecule has 0 atom stereocenters. The lowest BCUT2D eigenvalue weighted by atomic mass is 10.1. The summed E-state index contributed by atoms with van der Waals surface area (Å²) in [5.74, 6) is -0.113. The fraction of sp³-hybridized carbons (Fsp3) is 0.278. The van der Waals surface area contributed by atoms with E-state index in [-0.39, 0.29) is 18.1 Å². The van der Waals surface area contributed by atoms with Crippen molar-refractivity contribution in [2.24, 2.45) is 5.14 Å². The van der Waals surface area contributed by atoms with Gasteiger partial charge >= 0.3 is 6.18 Å². The second-order valence-electron chi connectivity index (χ2n) is 6.10. The fourth-order valence-electron chi connectivity index (χ4n) is 2.44. The van der Waals surface area contributed by atoms with E-state index in [0.29, 0.717) is 23.7 Å². The van der Waals surface area contributed by atoms with E-state index in [2.05, 4.69) is 10.6 Å². The molecule has 0 saturated carbocycles. The molecule has 2 aromatic rings. The van der Waals surface area contributed by atoms with E-state index in [9.17, 15) is 26.4 Å². The van der Waals surface area contributed by atoms with Crippen LogP contribution in [0.15, 0.2) is 47.4 Å². The van der Waals surface area contributed by atoms with Crippen LogP contribution in [0, 0.1) is 0 Å². The number of primary sulfonamides is 1. The molecule has 0 saturated heterocycles. The van der Waals surface area contributed by atoms with Crippen molar-refractivity contribution in [3.8, 4) is 0 Å². The Morgan fingerprint density at radius 1 is 1.11 bits per heavy atom. The van der Waals surface area contributed by atoms with Crippen molar-refractivity contribution in [2.45, 2.75) is 37.4 Å². The van der Waals surface area contributed by atoms with Gasteiger partial charge in [0.05, 0.1) is 10.5 Å². The maximum Gasteiger partial charge on any atom is 0.418 e. The highest BCUT2D eigenvalue weighted by atomic mass is 32.2. The highest BCUT2D eigenvalue weighted by Gasteiger charge is 2.34. The molecule has 6 nitrogen and oxygen atoms in total. The maximum atomic E-state index is 13.3. The molecule has 0 heterocycles. The molecular formula is C18H20F3N3O3S. The quantitative estimate of drug-likeness (QED) is 0.642. The summed E-state index contributed by atoms with van der Waals surface area (Å²) in [6, 6.07) is 9.19. The number of carbonyl (C=O) groups excluding carboxylic acids is 1. The largest absolute Gasteiger partial charge is 0.418 e. The minimum atomic E-state index is -4.75. The monoisotopic (exact) mass is 415 g/mol. The first-order chi connectivity index (χ1) is 13.0. The van der Waals surface area contributed by atoms with Crippen LogP contribution < -0.4 is 15.8 Å². The number of nitrogens with one attached hydrogen (secondary N) is 2. The Balaban J connectivity index is 2.15. The summed E-state index contributed by atoms with van der Waals surface area (Å²) >= 11 is 0. The van der Waals surface area contributed by atoms with E-state index in [4.69, 9.17) is 5.14 Å². The standard InChI is InChI=1S/C18H20F3N3O3S/c1-2-3-17(25)24-13-6-4-12(5-7-13)11-23-16-9-8-14(28(22,26)27)10-15(16)18(19,20)21/h4-10,23H,2-3,11H2,1H3,(H,24,25)(H2,22,26,27). The lowest BCUT2D eigenvalue weighted by Crippen LogP contribution is -2.16. The van der Waals surface area contributed by atoms with Gasteiger partial charge in [-0.25, -0.2) is 13.6 Å². The predicted molar refractivity (Wildman–Crippen MR) is 100 cm³/mol. The summed E-state index contributed by atoms with van der Waals surface area (Å²) in [5, 5.41) is 10.3. The van der Waals surface area contributed by atoms with Crippen LogP contribution in [0.3, 0.4) is 0 Å². The first kappa shape index (κ1) is 21.7. The summed E-state index contributed by atoms with van der Waals surface area (Å²) in [6.07, 6.45) is -3.63. The Bertz CT molecular complexity index is 943. The third kappa shape index (κ3) is 5.96. The molecule has 0 aliphatic heterocycles. The number of amides is 1. The molecule has 0 aliphatic carbocycles. The van der Waals surface area contributed by atoms with Gasteiger partial charge in [-0.15, -0.1) is 0 Å². The number of halogens is 3. The number of rotatable bonds is 7. The van der Waals surface area contributed by atoms with Crippen LogP contribution in [-0.2, 0) is 27.5 Å². The van der Waals surface area contributed by atoms with Gasteiger partial charge in [0.25, 0.3) is 0 Å². The summed E-state index contributed by atoms with van der Waals surface area (Å²) < 4.78 is 62.4. The molecule has 0 radical (unpaired) electrons. The van der Waals surface area contributed by atoms with Gasteiger partial charge in [0.2, 0.25) is 15.9 Å². The maximum absolute atomic E-state index is 13.3. The molecule has 0 aliphatic rings. The van der Waals surface area contributed by atoms with Crippen molar-refractivity contribution in [1.82, 2.24) is 0 Å². The number of alkyl halides is 3. The Labute approximate surface area is 161 Å². The van der Waals surface area contributed by atoms with Crippen LogP contribution in [0.25, 0.3) is 0 Å². The second-order valence-corrected chi connectivity index (χ2v) is 7.66. The number of benzene rings is 2. The van der Waals surface area contributed by atoms with Crippen molar-refractivity contribution in [3.05, 3.63) is 53.6 Å². The summed E-state index contributed by atoms with van der Waals surface area (Å²) in [7, 11) is -4.25. The van der Waals surface area contributed by atoms with Crippen LogP contribution in [0.2, 0.25) is 0 Å². The van der Waals surface area contributed by atoms with E-state index in [1.807, 2.05) is 6.92 Å². The van der Waals surface area contributed by atoms with E-state index in [1.54, 1.807) is 24.3 Å². The predicted octanol–water partition coefficient (Wildman–Crippen LogP) is 3.70. The van der Waals surface area contributed by atoms with E-state index >= 15 is 0 Å². The van der Waals surface area contributed by atoms with Crippen molar-refractivity contribution in [3.63, 3.8) is 0 Å². The normalized spacial score (nSPS) is 11.9. The average molecular weight is 415 g/mol. The van der Waals surface area contributed by atoms with E-state index in [1.165, 1.54) is 0 Å². The van der Waals surface area contributed by atoms with Crippen molar-refractivity contribution < 1.29 is 26.4 Å². The van der Waals surface area contributed by atoms with Gasteiger partial charge in [0, 0.05) is 24.3 Å². The fourth-order valence-corrected chi connectivity index (χ4v) is 2.98. The van der Waals surface area contributed by atoms with E-state index < -0.39 is 26.7 Å². The van der Waals surface area contributed by atoms with E-state index in [0.717, 1.165) is 18.6 Å². The van der Waals surface area contributed by atoms with Gasteiger partial charge in [0.1, 0.15) is 0 Å². The third-order valence-corrected chi connectivity index (χ3v) is 4.73. The van der Waals surface area contributed by atoms with Gasteiger partial charge < -0.3 is 10.6 Å². The number of anilines is 2. The molecule has 0 spiro atoms. The van der Waals surface area contributed by atoms with Crippen molar-refractivity contribution in [1.29, 1.82) is 0 Å². The summed E-state index contributed by atoms with van der Waals surface area (Å²) in [4.78, 5) is 10.9. The molecule has 4 N–H and O–H groups in total. The van der Waals surface area contributed by atoms with Gasteiger partial charge in [0.15, 0.2) is 0 Å². The molecule has 0 unspecified atom stereocenters. The molecule has 2 rings (SSSR count). The molecule has 28 heavy (non-hydrogen) atoms. The molecule has 0 bridgehead atoms. The van der Waals surface area contributed by atoms with Gasteiger partial charge in [-0.1, -0.05) is 19.1 Å². The molecule has 10 heteroatoms. The minimum absolute atomic E-state index is 0.0704. The zero-order valence-electron chi connectivity index (χ0n) is 15.0. The van der Waals surface area contributed by atoms with Gasteiger partial charge in [-0.3, -0.25) is 4.79 Å².